The molecule has 0 unspecified atom stereocenters. The third-order valence-corrected chi connectivity index (χ3v) is 28.1. The van der Waals surface area contributed by atoms with Gasteiger partial charge in [0.15, 0.2) is 0 Å². The van der Waals surface area contributed by atoms with E-state index in [-0.39, 0.29) is 52.8 Å². The number of nitrogens with one attached hydrogen (secondary N) is 7. The molecule has 0 saturated heterocycles. The van der Waals surface area contributed by atoms with Gasteiger partial charge in [-0.3, -0.25) is 28.8 Å². The van der Waals surface area contributed by atoms with E-state index >= 15 is 0 Å². The second-order valence-electron chi connectivity index (χ2n) is 41.2. The monoisotopic (exact) mass is 1890 g/mol. The SMILES string of the molecule is CCC1CCC(Nc2ncc(C(N)=O)c(CC(C)(C)C(C)C)n2)CC1.CCCc1nc(NC2CCC(C)CC2)ncc1C(N)=O.CCOC1CCC(Nc2ncc(C(N)=O)c(CC(C)(C)C(C)C)n2)CC1.CCc1nc(NC2CCC(O)CC2)ncc1C(N)=O.COCC(C)(C)Nc1nc(NC2CCC(O)CC2)ncc1C(N)=O.C[C@@H]1CC[C@@H](Nc2nc(CC3CC3)ncc2C(N)=O)C[C@H]1O. The Bertz CT molecular complexity index is 4770. The van der Waals surface area contributed by atoms with Crippen molar-refractivity contribution >= 4 is 76.8 Å². The Hall–Kier alpha value is -10.3. The summed E-state index contributed by atoms with van der Waals surface area (Å²) in [5, 5.41) is 52.4. The topological polar surface area (TPSA) is 577 Å². The van der Waals surface area contributed by atoms with E-state index in [1.54, 1.807) is 25.7 Å². The second-order valence-corrected chi connectivity index (χ2v) is 41.2. The Kier molecular flexibility index (Phi) is 43.7. The number of nitrogens with two attached hydrogens (primary N) is 6. The Balaban J connectivity index is 0.000000201. The molecular formula is C100H163N25O11. The minimum Gasteiger partial charge on any atom is -0.393 e. The van der Waals surface area contributed by atoms with Crippen LogP contribution >= 0.6 is 0 Å². The fourth-order valence-electron chi connectivity index (χ4n) is 17.5. The van der Waals surface area contributed by atoms with Crippen LogP contribution in [0.2, 0.25) is 0 Å². The van der Waals surface area contributed by atoms with Crippen LogP contribution in [0.5, 0.6) is 0 Å². The summed E-state index contributed by atoms with van der Waals surface area (Å²) in [6.45, 7) is 35.3. The summed E-state index contributed by atoms with van der Waals surface area (Å²) in [4.78, 5) is 122. The smallest absolute Gasteiger partial charge is 0.254 e. The van der Waals surface area contributed by atoms with E-state index in [2.05, 4.69) is 180 Å². The van der Waals surface area contributed by atoms with Crippen LogP contribution in [0.15, 0.2) is 37.2 Å². The maximum Gasteiger partial charge on any atom is 0.254 e. The number of anilines is 7. The van der Waals surface area contributed by atoms with Gasteiger partial charge in [-0.2, -0.15) is 4.98 Å². The molecule has 6 heterocycles. The third kappa shape index (κ3) is 36.2. The fourth-order valence-corrected chi connectivity index (χ4v) is 17.5. The van der Waals surface area contributed by atoms with Gasteiger partial charge in [-0.25, -0.2) is 54.8 Å². The van der Waals surface area contributed by atoms with Crippen LogP contribution in [0.25, 0.3) is 0 Å². The highest BCUT2D eigenvalue weighted by Crippen LogP contribution is 2.38. The Morgan fingerprint density at radius 3 is 1.15 bits per heavy atom. The number of carbonyl (C=O) groups is 6. The lowest BCUT2D eigenvalue weighted by Gasteiger charge is -2.32. The van der Waals surface area contributed by atoms with Gasteiger partial charge in [0.2, 0.25) is 29.7 Å². The van der Waals surface area contributed by atoms with E-state index in [9.17, 15) is 44.1 Å². The van der Waals surface area contributed by atoms with Crippen molar-refractivity contribution in [3.05, 3.63) is 99.2 Å². The standard InChI is InChI=1S/C20H34N4O2.C20H34N4O.C16H27N5O3.C16H24N4O2.C15H24N4O.C13H20N4O2/c1-6-26-15-9-7-14(8-10-15)23-19-22-12-16(18(21)25)17(24-19)11-20(4,5)13(2)3;1-6-14-7-9-15(10-8-14)23-19-22-12-16(18(21)25)17(24-19)11-20(4,5)13(2)3;1-16(2,9-24-3)21-14-12(13(17)23)8-18-15(20-14)19-10-4-6-11(22)7-5-10;1-9-2-5-11(7-13(9)21)19-16-12(15(17)22)8-18-14(20-16)6-10-3-4-10;1-3-4-13-12(14(16)20)9-17-15(19-13)18-11-7-5-10(2)6-8-11;1-2-11-10(12(14)19)7-15-13(17-11)16-8-3-5-9(18)6-4-8/h12-15H,6-11H2,1-5H3,(H2,21,25)(H,22,23,24);12-15H,6-11H2,1-5H3,(H2,21,25)(H,22,23,24);8,10-11,22H,4-7,9H2,1-3H3,(H2,17,23)(H2,18,19,20,21);8-11,13,21H,2-7H2,1H3,(H2,17,22)(H,18,19,20);9-11H,3-8H2,1-2H3,(H2,16,20)(H,17,18,19);7-9,18H,2-6H2,1H3,(H2,14,19)(H,15,16,17)/t;;;9-,11-,13-;;/m...1../s1. The first-order valence-electron chi connectivity index (χ1n) is 50.0. The molecule has 36 heteroatoms. The Labute approximate surface area is 806 Å². The number of hydrogen-bond acceptors (Lipinski definition) is 30. The van der Waals surface area contributed by atoms with Crippen molar-refractivity contribution in [1.82, 2.24) is 59.8 Å². The zero-order valence-electron chi connectivity index (χ0n) is 84.2. The van der Waals surface area contributed by atoms with Crippen molar-refractivity contribution in [3.63, 3.8) is 0 Å². The molecule has 7 fully saturated rings. The van der Waals surface area contributed by atoms with Crippen molar-refractivity contribution in [1.29, 1.82) is 0 Å². The quantitative estimate of drug-likeness (QED) is 0.0174. The third-order valence-electron chi connectivity index (χ3n) is 28.1. The van der Waals surface area contributed by atoms with Crippen molar-refractivity contribution in [2.45, 2.75) is 382 Å². The van der Waals surface area contributed by atoms with Crippen LogP contribution in [0.1, 0.15) is 375 Å². The lowest BCUT2D eigenvalue weighted by molar-refractivity contribution is 0.0346. The van der Waals surface area contributed by atoms with Gasteiger partial charge in [-0.1, -0.05) is 103 Å². The summed E-state index contributed by atoms with van der Waals surface area (Å²) in [5.74, 6) is 5.12. The van der Waals surface area contributed by atoms with Gasteiger partial charge in [0.25, 0.3) is 35.4 Å². The molecule has 136 heavy (non-hydrogen) atoms. The van der Waals surface area contributed by atoms with E-state index < -0.39 is 41.0 Å². The first-order valence-corrected chi connectivity index (χ1v) is 50.0. The molecule has 0 radical (unpaired) electrons. The molecule has 7 aliphatic rings. The molecule has 7 saturated carbocycles. The summed E-state index contributed by atoms with van der Waals surface area (Å²) in [7, 11) is 1.61. The largest absolute Gasteiger partial charge is 0.393 e. The van der Waals surface area contributed by atoms with E-state index in [1.807, 2.05) is 27.7 Å². The summed E-state index contributed by atoms with van der Waals surface area (Å²) >= 11 is 0. The Morgan fingerprint density at radius 2 is 0.765 bits per heavy atom. The average molecular weight is 1890 g/mol. The molecule has 22 N–H and O–H groups in total. The van der Waals surface area contributed by atoms with Gasteiger partial charge in [0.05, 0.1) is 92.7 Å². The van der Waals surface area contributed by atoms with Crippen molar-refractivity contribution in [3.8, 4) is 0 Å². The number of aromatic nitrogens is 12. The second kappa shape index (κ2) is 53.6. The number of rotatable bonds is 36. The first-order chi connectivity index (χ1) is 64.5. The normalized spacial score (nSPS) is 22.8. The summed E-state index contributed by atoms with van der Waals surface area (Å²) < 4.78 is 10.9. The van der Waals surface area contributed by atoms with Gasteiger partial charge in [0.1, 0.15) is 17.5 Å². The average Bonchev–Trinajstić information content (AvgIpc) is 1.16. The number of ether oxygens (including phenoxy) is 2. The number of primary amides is 6. The molecule has 13 rings (SSSR count). The van der Waals surface area contributed by atoms with E-state index in [0.29, 0.717) is 155 Å². The number of aryl methyl sites for hydroxylation is 2. The maximum atomic E-state index is 11.8. The summed E-state index contributed by atoms with van der Waals surface area (Å²) in [5.41, 5.74) is 37.3. The van der Waals surface area contributed by atoms with E-state index in [1.165, 1.54) is 63.5 Å². The van der Waals surface area contributed by atoms with Crippen molar-refractivity contribution in [2.75, 3.05) is 57.5 Å². The number of nitrogens with zero attached hydrogens (tertiary/aromatic N) is 12. The van der Waals surface area contributed by atoms with Crippen LogP contribution in [0.4, 0.5) is 41.4 Å². The van der Waals surface area contributed by atoms with Gasteiger partial charge >= 0.3 is 0 Å². The molecule has 0 spiro atoms. The molecule has 3 atom stereocenters. The fraction of sp³-hybridized carbons (Fsp3) is 0.700. The zero-order valence-corrected chi connectivity index (χ0v) is 84.2. The highest BCUT2D eigenvalue weighted by molar-refractivity contribution is 5.98. The molecule has 754 valence electrons. The zero-order chi connectivity index (χ0) is 99.7. The van der Waals surface area contributed by atoms with Crippen molar-refractivity contribution < 1.29 is 53.6 Å². The highest BCUT2D eigenvalue weighted by atomic mass is 16.5. The summed E-state index contributed by atoms with van der Waals surface area (Å²) in [6.07, 6.45) is 40.2. The first kappa shape index (κ1) is 111. The van der Waals surface area contributed by atoms with Crippen molar-refractivity contribution in [2.24, 2.45) is 80.7 Å². The maximum absolute atomic E-state index is 11.8. The minimum atomic E-state index is -0.585. The number of hydrogen-bond donors (Lipinski definition) is 16. The molecule has 6 aromatic heterocycles. The number of aliphatic hydroxyl groups is 3. The van der Waals surface area contributed by atoms with Crippen LogP contribution in [-0.2, 0) is 41.6 Å². The van der Waals surface area contributed by atoms with E-state index in [4.69, 9.17) is 43.9 Å². The molecule has 36 nitrogen and oxygen atoms in total. The lowest BCUT2D eigenvalue weighted by atomic mass is 9.77. The Morgan fingerprint density at radius 1 is 0.412 bits per heavy atom. The van der Waals surface area contributed by atoms with Gasteiger partial charge in [-0.05, 0) is 253 Å². The van der Waals surface area contributed by atoms with Crippen LogP contribution in [-0.4, -0.2) is 197 Å². The summed E-state index contributed by atoms with van der Waals surface area (Å²) in [6, 6.07) is 1.83. The molecular weight excluding hydrogens is 1730 g/mol. The lowest BCUT2D eigenvalue weighted by Crippen LogP contribution is -2.37. The molecule has 0 bridgehead atoms. The molecule has 0 aromatic carbocycles. The number of carbonyl (C=O) groups excluding carboxylic acids is 6. The number of methoxy groups -OCH3 is 1. The predicted octanol–water partition coefficient (Wildman–Crippen LogP) is 13.7. The van der Waals surface area contributed by atoms with Crippen LogP contribution in [0.3, 0.4) is 0 Å². The molecule has 7 aliphatic carbocycles. The van der Waals surface area contributed by atoms with Crippen LogP contribution < -0.4 is 71.6 Å². The molecule has 6 aromatic rings. The number of amides is 6. The van der Waals surface area contributed by atoms with Gasteiger partial charge in [0, 0.05) is 93.6 Å². The highest BCUT2D eigenvalue weighted by Gasteiger charge is 2.34. The molecule has 6 amide bonds. The molecule has 0 aliphatic heterocycles. The predicted molar refractivity (Wildman–Crippen MR) is 534 cm³/mol. The van der Waals surface area contributed by atoms with Crippen LogP contribution in [0, 0.1) is 46.3 Å². The van der Waals surface area contributed by atoms with Gasteiger partial charge in [-0.15, -0.1) is 0 Å². The minimum absolute atomic E-state index is 0.0192. The number of aliphatic hydroxyl groups excluding tert-OH is 3. The van der Waals surface area contributed by atoms with E-state index in [0.717, 1.165) is 176 Å². The van der Waals surface area contributed by atoms with Gasteiger partial charge < -0.3 is 96.4 Å².